The molecule has 2 aromatic rings. The molecular weight excluding hydrogens is 467 g/mol. The molecule has 0 atom stereocenters. The van der Waals surface area contributed by atoms with Crippen LogP contribution in [0.3, 0.4) is 0 Å². The van der Waals surface area contributed by atoms with Gasteiger partial charge in [-0.1, -0.05) is 0 Å². The van der Waals surface area contributed by atoms with Crippen LogP contribution in [-0.2, 0) is 11.0 Å². The lowest BCUT2D eigenvalue weighted by Gasteiger charge is -2.36. The predicted octanol–water partition coefficient (Wildman–Crippen LogP) is 4.58. The van der Waals surface area contributed by atoms with E-state index in [1.165, 1.54) is 0 Å². The molecule has 36 heavy (non-hydrogen) atoms. The molecule has 192 valence electrons. The number of halogens is 3. The number of amides is 1. The summed E-state index contributed by atoms with van der Waals surface area (Å²) in [6.45, 7) is 5.54. The average Bonchev–Trinajstić information content (AvgIpc) is 2.89. The lowest BCUT2D eigenvalue weighted by Crippen LogP contribution is -2.47. The molecule has 0 unspecified atom stereocenters. The number of anilines is 2. The number of likely N-dealkylation sites (tertiary alicyclic amines) is 1. The van der Waals surface area contributed by atoms with Crippen LogP contribution in [0.4, 0.5) is 24.5 Å². The second-order valence-electron chi connectivity index (χ2n) is 9.47. The summed E-state index contributed by atoms with van der Waals surface area (Å²) in [5.74, 6) is 0.204. The van der Waals surface area contributed by atoms with Gasteiger partial charge in [-0.2, -0.15) is 18.4 Å². The van der Waals surface area contributed by atoms with Crippen molar-refractivity contribution in [2.45, 2.75) is 37.9 Å². The van der Waals surface area contributed by atoms with Crippen molar-refractivity contribution in [3.63, 3.8) is 0 Å². The Balaban J connectivity index is 1.12. The molecule has 2 fully saturated rings. The lowest BCUT2D eigenvalue weighted by atomic mass is 10.0. The minimum atomic E-state index is -4.31. The molecule has 0 aliphatic carbocycles. The molecule has 2 saturated heterocycles. The van der Waals surface area contributed by atoms with Crippen molar-refractivity contribution >= 4 is 17.3 Å². The zero-order valence-electron chi connectivity index (χ0n) is 20.3. The summed E-state index contributed by atoms with van der Waals surface area (Å²) < 4.78 is 38.3. The van der Waals surface area contributed by atoms with Gasteiger partial charge < -0.3 is 15.1 Å². The van der Waals surface area contributed by atoms with Crippen LogP contribution < -0.4 is 10.2 Å². The Morgan fingerprint density at radius 2 is 1.58 bits per heavy atom. The first kappa shape index (κ1) is 25.8. The summed E-state index contributed by atoms with van der Waals surface area (Å²) in [6.07, 6.45) is -1.17. The van der Waals surface area contributed by atoms with Gasteiger partial charge in [0.05, 0.1) is 17.2 Å². The van der Waals surface area contributed by atoms with Crippen LogP contribution in [-0.4, -0.2) is 67.6 Å². The van der Waals surface area contributed by atoms with Gasteiger partial charge in [0, 0.05) is 63.1 Å². The monoisotopic (exact) mass is 499 g/mol. The van der Waals surface area contributed by atoms with E-state index in [1.807, 2.05) is 17.0 Å². The highest BCUT2D eigenvalue weighted by molar-refractivity contribution is 5.76. The maximum Gasteiger partial charge on any atom is 0.416 e. The number of piperidine rings is 1. The number of hydrogen-bond donors (Lipinski definition) is 1. The first-order valence-corrected chi connectivity index (χ1v) is 12.5. The summed E-state index contributed by atoms with van der Waals surface area (Å²) in [4.78, 5) is 19.1. The summed E-state index contributed by atoms with van der Waals surface area (Å²) in [7, 11) is 0. The topological polar surface area (TPSA) is 62.6 Å². The van der Waals surface area contributed by atoms with E-state index in [4.69, 9.17) is 5.26 Å². The van der Waals surface area contributed by atoms with E-state index in [2.05, 4.69) is 21.2 Å². The minimum Gasteiger partial charge on any atom is -0.382 e. The second-order valence-corrected chi connectivity index (χ2v) is 9.47. The molecule has 0 aromatic heterocycles. The van der Waals surface area contributed by atoms with Gasteiger partial charge in [-0.15, -0.1) is 0 Å². The van der Waals surface area contributed by atoms with Crippen LogP contribution in [0.15, 0.2) is 48.5 Å². The molecule has 0 bridgehead atoms. The Labute approximate surface area is 210 Å². The van der Waals surface area contributed by atoms with E-state index in [9.17, 15) is 18.0 Å². The molecule has 0 spiro atoms. The normalized spacial score (nSPS) is 17.6. The quantitative estimate of drug-likeness (QED) is 0.604. The molecule has 1 N–H and O–H groups in total. The third-order valence-corrected chi connectivity index (χ3v) is 7.03. The van der Waals surface area contributed by atoms with Crippen LogP contribution in [0.5, 0.6) is 0 Å². The minimum absolute atomic E-state index is 0.204. The number of carbonyl (C=O) groups excluding carboxylic acids is 1. The number of nitriles is 1. The molecule has 2 aromatic carbocycles. The number of benzene rings is 2. The van der Waals surface area contributed by atoms with Crippen LogP contribution in [0.2, 0.25) is 0 Å². The highest BCUT2D eigenvalue weighted by atomic mass is 19.4. The number of rotatable bonds is 7. The molecule has 2 heterocycles. The first-order chi connectivity index (χ1) is 17.3. The van der Waals surface area contributed by atoms with Crippen molar-refractivity contribution in [1.29, 1.82) is 5.26 Å². The fourth-order valence-electron chi connectivity index (χ4n) is 4.85. The molecule has 2 aliphatic heterocycles. The predicted molar refractivity (Wildman–Crippen MR) is 134 cm³/mol. The van der Waals surface area contributed by atoms with Gasteiger partial charge in [0.25, 0.3) is 0 Å². The van der Waals surface area contributed by atoms with Crippen molar-refractivity contribution in [2.75, 3.05) is 56.0 Å². The van der Waals surface area contributed by atoms with Crippen molar-refractivity contribution in [2.24, 2.45) is 0 Å². The standard InChI is InChI=1S/C27H32F3N5O/c28-27(29,30)22-5-9-25(10-6-22)34-18-16-33(17-19-34)13-1-2-26(36)35-14-11-24(12-15-35)32-23-7-3-21(20-31)4-8-23/h3-10,24,32H,1-2,11-19H2. The SMILES string of the molecule is N#Cc1ccc(NC2CCN(C(=O)CCCN3CCN(c4ccc(C(F)(F)F)cc4)CC3)CC2)cc1. The van der Waals surface area contributed by atoms with Gasteiger partial charge in [-0.25, -0.2) is 0 Å². The Morgan fingerprint density at radius 3 is 2.17 bits per heavy atom. The smallest absolute Gasteiger partial charge is 0.382 e. The van der Waals surface area contributed by atoms with Gasteiger partial charge >= 0.3 is 6.18 Å². The lowest BCUT2D eigenvalue weighted by molar-refractivity contribution is -0.137. The zero-order valence-corrected chi connectivity index (χ0v) is 20.3. The van der Waals surface area contributed by atoms with Crippen molar-refractivity contribution < 1.29 is 18.0 Å². The summed E-state index contributed by atoms with van der Waals surface area (Å²) in [5.41, 5.74) is 1.83. The summed E-state index contributed by atoms with van der Waals surface area (Å²) >= 11 is 0. The van der Waals surface area contributed by atoms with E-state index in [1.54, 1.807) is 24.3 Å². The second kappa shape index (κ2) is 11.7. The van der Waals surface area contributed by atoms with E-state index in [0.717, 1.165) is 88.6 Å². The van der Waals surface area contributed by atoms with Crippen LogP contribution in [0.1, 0.15) is 36.8 Å². The van der Waals surface area contributed by atoms with Gasteiger partial charge in [0.2, 0.25) is 5.91 Å². The fraction of sp³-hybridized carbons (Fsp3) is 0.481. The van der Waals surface area contributed by atoms with Crippen molar-refractivity contribution in [3.8, 4) is 6.07 Å². The van der Waals surface area contributed by atoms with Gasteiger partial charge in [0.15, 0.2) is 0 Å². The van der Waals surface area contributed by atoms with Crippen LogP contribution in [0, 0.1) is 11.3 Å². The molecule has 0 radical (unpaired) electrons. The maximum atomic E-state index is 12.8. The Morgan fingerprint density at radius 1 is 0.944 bits per heavy atom. The molecular formula is C27H32F3N5O. The molecule has 6 nitrogen and oxygen atoms in total. The highest BCUT2D eigenvalue weighted by Gasteiger charge is 2.30. The molecule has 0 saturated carbocycles. The Kier molecular flexibility index (Phi) is 8.36. The summed E-state index contributed by atoms with van der Waals surface area (Å²) in [6, 6.07) is 15.2. The average molecular weight is 500 g/mol. The number of piperazine rings is 1. The molecule has 1 amide bonds. The largest absolute Gasteiger partial charge is 0.416 e. The molecule has 9 heteroatoms. The molecule has 2 aliphatic rings. The van der Waals surface area contributed by atoms with Gasteiger partial charge in [-0.3, -0.25) is 9.69 Å². The number of hydrogen-bond acceptors (Lipinski definition) is 5. The van der Waals surface area contributed by atoms with Crippen LogP contribution >= 0.6 is 0 Å². The zero-order chi connectivity index (χ0) is 25.5. The maximum absolute atomic E-state index is 12.8. The highest BCUT2D eigenvalue weighted by Crippen LogP contribution is 2.30. The molecule has 4 rings (SSSR count). The van der Waals surface area contributed by atoms with Gasteiger partial charge in [-0.05, 0) is 74.3 Å². The summed E-state index contributed by atoms with van der Waals surface area (Å²) in [5, 5.41) is 12.4. The van der Waals surface area contributed by atoms with Crippen molar-refractivity contribution in [3.05, 3.63) is 59.7 Å². The Bertz CT molecular complexity index is 1030. The number of nitrogens with zero attached hydrogens (tertiary/aromatic N) is 4. The van der Waals surface area contributed by atoms with Gasteiger partial charge in [0.1, 0.15) is 0 Å². The van der Waals surface area contributed by atoms with E-state index < -0.39 is 11.7 Å². The van der Waals surface area contributed by atoms with Crippen molar-refractivity contribution in [1.82, 2.24) is 9.80 Å². The number of alkyl halides is 3. The van der Waals surface area contributed by atoms with E-state index >= 15 is 0 Å². The number of nitrogens with one attached hydrogen (secondary N) is 1. The van der Waals surface area contributed by atoms with E-state index in [-0.39, 0.29) is 5.91 Å². The fourth-order valence-corrected chi connectivity index (χ4v) is 4.85. The first-order valence-electron chi connectivity index (χ1n) is 12.5. The third kappa shape index (κ3) is 6.91. The van der Waals surface area contributed by atoms with E-state index in [0.29, 0.717) is 18.0 Å². The number of carbonyl (C=O) groups is 1. The van der Waals surface area contributed by atoms with Crippen LogP contribution in [0.25, 0.3) is 0 Å². The third-order valence-electron chi connectivity index (χ3n) is 7.03. The Hall–Kier alpha value is -3.25.